The summed E-state index contributed by atoms with van der Waals surface area (Å²) in [4.78, 5) is 2.55. The number of nitrogens with zero attached hydrogens (tertiary/aromatic N) is 1. The van der Waals surface area contributed by atoms with Crippen molar-refractivity contribution in [3.63, 3.8) is 0 Å². The van der Waals surface area contributed by atoms with Gasteiger partial charge < -0.3 is 0 Å². The SMILES string of the molecule is CCC(C)(C(Cc1cccc(Cl)c1Cl)NN)N1CCCC1. The second-order valence-electron chi connectivity index (χ2n) is 6.04. The number of benzene rings is 1. The Kier molecular flexibility index (Phi) is 5.92. The molecule has 0 radical (unpaired) electrons. The van der Waals surface area contributed by atoms with Crippen molar-refractivity contribution in [3.05, 3.63) is 33.8 Å². The van der Waals surface area contributed by atoms with Gasteiger partial charge in [-0.2, -0.15) is 0 Å². The minimum absolute atomic E-state index is 0.0247. The first kappa shape index (κ1) is 17.0. The zero-order valence-corrected chi connectivity index (χ0v) is 14.3. The van der Waals surface area contributed by atoms with E-state index in [0.29, 0.717) is 10.0 Å². The van der Waals surface area contributed by atoms with Crippen LogP contribution in [0.4, 0.5) is 0 Å². The van der Waals surface area contributed by atoms with Gasteiger partial charge in [-0.25, -0.2) is 0 Å². The Bertz CT molecular complexity index is 475. The molecule has 1 aromatic rings. The normalized spacial score (nSPS) is 20.4. The Hall–Kier alpha value is -0.320. The van der Waals surface area contributed by atoms with Crippen LogP contribution in [0.3, 0.4) is 0 Å². The maximum absolute atomic E-state index is 6.33. The lowest BCUT2D eigenvalue weighted by Crippen LogP contribution is -2.61. The number of hydrazine groups is 1. The molecule has 3 nitrogen and oxygen atoms in total. The zero-order valence-electron chi connectivity index (χ0n) is 12.8. The van der Waals surface area contributed by atoms with E-state index in [1.165, 1.54) is 12.8 Å². The number of rotatable bonds is 6. The van der Waals surface area contributed by atoms with Crippen molar-refractivity contribution in [2.75, 3.05) is 13.1 Å². The first-order valence-electron chi connectivity index (χ1n) is 7.67. The fourth-order valence-corrected chi connectivity index (χ4v) is 3.70. The monoisotopic (exact) mass is 329 g/mol. The van der Waals surface area contributed by atoms with Crippen LogP contribution in [0.2, 0.25) is 10.0 Å². The molecule has 1 aliphatic heterocycles. The van der Waals surface area contributed by atoms with Crippen LogP contribution in [-0.4, -0.2) is 29.6 Å². The lowest BCUT2D eigenvalue weighted by molar-refractivity contribution is 0.0841. The molecule has 0 aromatic heterocycles. The molecule has 0 aliphatic carbocycles. The minimum atomic E-state index is 0.0247. The molecular weight excluding hydrogens is 305 g/mol. The van der Waals surface area contributed by atoms with Crippen LogP contribution in [0, 0.1) is 0 Å². The molecule has 2 unspecified atom stereocenters. The number of nitrogens with one attached hydrogen (secondary N) is 1. The maximum Gasteiger partial charge on any atom is 0.0624 e. The zero-order chi connectivity index (χ0) is 15.5. The Morgan fingerprint density at radius 3 is 2.57 bits per heavy atom. The Morgan fingerprint density at radius 1 is 1.33 bits per heavy atom. The number of likely N-dealkylation sites (tertiary alicyclic amines) is 1. The third kappa shape index (κ3) is 3.54. The van der Waals surface area contributed by atoms with Crippen LogP contribution in [0.25, 0.3) is 0 Å². The summed E-state index contributed by atoms with van der Waals surface area (Å²) in [6, 6.07) is 5.92. The van der Waals surface area contributed by atoms with E-state index >= 15 is 0 Å². The largest absolute Gasteiger partial charge is 0.296 e. The standard InChI is InChI=1S/C16H25Cl2N3/c1-3-16(2,21-9-4-5-10-21)14(20-19)11-12-7-6-8-13(17)15(12)18/h6-8,14,20H,3-5,9-11,19H2,1-2H3. The quantitative estimate of drug-likeness (QED) is 0.618. The summed E-state index contributed by atoms with van der Waals surface area (Å²) in [6.07, 6.45) is 4.35. The fraction of sp³-hybridized carbons (Fsp3) is 0.625. The molecule has 0 amide bonds. The van der Waals surface area contributed by atoms with Crippen molar-refractivity contribution in [1.29, 1.82) is 0 Å². The molecule has 118 valence electrons. The van der Waals surface area contributed by atoms with Gasteiger partial charge in [0.1, 0.15) is 0 Å². The minimum Gasteiger partial charge on any atom is -0.296 e. The van der Waals surface area contributed by atoms with Gasteiger partial charge in [0.25, 0.3) is 0 Å². The first-order chi connectivity index (χ1) is 10.0. The summed E-state index contributed by atoms with van der Waals surface area (Å²) in [7, 11) is 0. The third-order valence-corrected chi connectivity index (χ3v) is 5.81. The number of hydrogen-bond donors (Lipinski definition) is 2. The molecule has 1 aliphatic rings. The van der Waals surface area contributed by atoms with Gasteiger partial charge in [0.15, 0.2) is 0 Å². The summed E-state index contributed by atoms with van der Waals surface area (Å²) in [5.74, 6) is 5.89. The second kappa shape index (κ2) is 7.30. The smallest absolute Gasteiger partial charge is 0.0624 e. The highest BCUT2D eigenvalue weighted by Crippen LogP contribution is 2.32. The molecule has 1 fully saturated rings. The molecule has 1 saturated heterocycles. The van der Waals surface area contributed by atoms with Crippen LogP contribution in [0.15, 0.2) is 18.2 Å². The van der Waals surface area contributed by atoms with Gasteiger partial charge in [0, 0.05) is 11.6 Å². The highest BCUT2D eigenvalue weighted by molar-refractivity contribution is 6.42. The lowest BCUT2D eigenvalue weighted by atomic mass is 9.84. The fourth-order valence-electron chi connectivity index (χ4n) is 3.30. The molecule has 3 N–H and O–H groups in total. The summed E-state index contributed by atoms with van der Waals surface area (Å²) < 4.78 is 0. The van der Waals surface area contributed by atoms with Gasteiger partial charge in [0.05, 0.1) is 10.0 Å². The van der Waals surface area contributed by atoms with Crippen LogP contribution in [0.1, 0.15) is 38.7 Å². The molecule has 0 saturated carbocycles. The summed E-state index contributed by atoms with van der Waals surface area (Å²) in [5, 5.41) is 1.24. The van der Waals surface area contributed by atoms with E-state index in [0.717, 1.165) is 31.5 Å². The van der Waals surface area contributed by atoms with Gasteiger partial charge >= 0.3 is 0 Å². The topological polar surface area (TPSA) is 41.3 Å². The van der Waals surface area contributed by atoms with E-state index in [2.05, 4.69) is 24.2 Å². The molecule has 5 heteroatoms. The molecule has 2 atom stereocenters. The van der Waals surface area contributed by atoms with Gasteiger partial charge in [-0.3, -0.25) is 16.2 Å². The average molecular weight is 330 g/mol. The van der Waals surface area contributed by atoms with E-state index in [9.17, 15) is 0 Å². The summed E-state index contributed by atoms with van der Waals surface area (Å²) >= 11 is 12.5. The molecule has 21 heavy (non-hydrogen) atoms. The first-order valence-corrected chi connectivity index (χ1v) is 8.42. The van der Waals surface area contributed by atoms with E-state index in [1.54, 1.807) is 0 Å². The van der Waals surface area contributed by atoms with Gasteiger partial charge in [0.2, 0.25) is 0 Å². The number of halogens is 2. The molecule has 0 bridgehead atoms. The Balaban J connectivity index is 2.23. The highest BCUT2D eigenvalue weighted by Gasteiger charge is 2.39. The van der Waals surface area contributed by atoms with Gasteiger partial charge in [-0.05, 0) is 57.3 Å². The van der Waals surface area contributed by atoms with Crippen molar-refractivity contribution in [1.82, 2.24) is 10.3 Å². The Labute approximate surface area is 137 Å². The molecule has 1 heterocycles. The van der Waals surface area contributed by atoms with Crippen LogP contribution < -0.4 is 11.3 Å². The molecular formula is C16H25Cl2N3. The van der Waals surface area contributed by atoms with Crippen molar-refractivity contribution < 1.29 is 0 Å². The lowest BCUT2D eigenvalue weighted by Gasteiger charge is -2.44. The third-order valence-electron chi connectivity index (χ3n) is 4.95. The van der Waals surface area contributed by atoms with Crippen molar-refractivity contribution in [3.8, 4) is 0 Å². The van der Waals surface area contributed by atoms with Crippen LogP contribution >= 0.6 is 23.2 Å². The second-order valence-corrected chi connectivity index (χ2v) is 6.83. The molecule has 1 aromatic carbocycles. The maximum atomic E-state index is 6.33. The summed E-state index contributed by atoms with van der Waals surface area (Å²) in [5.41, 5.74) is 4.09. The highest BCUT2D eigenvalue weighted by atomic mass is 35.5. The van der Waals surface area contributed by atoms with Gasteiger partial charge in [-0.1, -0.05) is 42.3 Å². The van der Waals surface area contributed by atoms with Crippen LogP contribution in [-0.2, 0) is 6.42 Å². The van der Waals surface area contributed by atoms with Crippen LogP contribution in [0.5, 0.6) is 0 Å². The number of hydrogen-bond acceptors (Lipinski definition) is 3. The van der Waals surface area contributed by atoms with Gasteiger partial charge in [-0.15, -0.1) is 0 Å². The Morgan fingerprint density at radius 2 is 2.00 bits per heavy atom. The molecule has 0 spiro atoms. The van der Waals surface area contributed by atoms with E-state index < -0.39 is 0 Å². The predicted octanol–water partition coefficient (Wildman–Crippen LogP) is 3.63. The van der Waals surface area contributed by atoms with Crippen molar-refractivity contribution >= 4 is 23.2 Å². The van der Waals surface area contributed by atoms with Crippen molar-refractivity contribution in [2.24, 2.45) is 5.84 Å². The van der Waals surface area contributed by atoms with E-state index in [-0.39, 0.29) is 11.6 Å². The summed E-state index contributed by atoms with van der Waals surface area (Å²) in [6.45, 7) is 6.81. The van der Waals surface area contributed by atoms with E-state index in [1.807, 2.05) is 18.2 Å². The molecule has 2 rings (SSSR count). The predicted molar refractivity (Wildman–Crippen MR) is 90.8 cm³/mol. The average Bonchev–Trinajstić information content (AvgIpc) is 3.03. The number of nitrogens with two attached hydrogens (primary N) is 1. The van der Waals surface area contributed by atoms with E-state index in [4.69, 9.17) is 29.0 Å². The van der Waals surface area contributed by atoms with Crippen molar-refractivity contribution in [2.45, 2.75) is 51.1 Å².